The number of aliphatic hydroxyl groups is 1. The molecule has 0 saturated carbocycles. The van der Waals surface area contributed by atoms with Gasteiger partial charge in [0.1, 0.15) is 23.0 Å². The maximum absolute atomic E-state index is 12.9. The largest absolute Gasteiger partial charge is 0.506 e. The van der Waals surface area contributed by atoms with Crippen molar-refractivity contribution in [1.29, 1.82) is 0 Å². The number of hydrogen-bond acceptors (Lipinski definition) is 7. The standard InChI is InChI=1S/C27H26INO6S/c1-5-12-35-24-19(28)13-17(14-20(24)33-6-2)15-21-23(30)22(27(32)34-7-3)26(36-21)29-25(31)18-11-9-8-10-16(18)4/h5,8-11,13-15,30H,1,6-7,12H2,2-4H3/b21-15-,29-26?. The predicted octanol–water partition coefficient (Wildman–Crippen LogP) is 6.26. The summed E-state index contributed by atoms with van der Waals surface area (Å²) in [4.78, 5) is 30.1. The second kappa shape index (κ2) is 12.8. The first-order valence-electron chi connectivity index (χ1n) is 11.2. The summed E-state index contributed by atoms with van der Waals surface area (Å²) in [6.07, 6.45) is 3.34. The molecular formula is C27H26INO6S. The molecule has 2 aromatic carbocycles. The highest BCUT2D eigenvalue weighted by atomic mass is 127. The zero-order valence-electron chi connectivity index (χ0n) is 20.2. The number of amides is 1. The van der Waals surface area contributed by atoms with Crippen molar-refractivity contribution in [3.63, 3.8) is 0 Å². The average molecular weight is 619 g/mol. The van der Waals surface area contributed by atoms with Gasteiger partial charge in [0.05, 0.1) is 21.7 Å². The van der Waals surface area contributed by atoms with Gasteiger partial charge in [0.25, 0.3) is 5.91 Å². The lowest BCUT2D eigenvalue weighted by Crippen LogP contribution is -2.14. The van der Waals surface area contributed by atoms with Gasteiger partial charge in [0, 0.05) is 5.56 Å². The van der Waals surface area contributed by atoms with Crippen molar-refractivity contribution >= 4 is 57.3 Å². The zero-order chi connectivity index (χ0) is 26.2. The first-order valence-corrected chi connectivity index (χ1v) is 13.1. The third kappa shape index (κ3) is 6.38. The first kappa shape index (κ1) is 27.5. The van der Waals surface area contributed by atoms with Gasteiger partial charge in [0.15, 0.2) is 11.5 Å². The Labute approximate surface area is 228 Å². The van der Waals surface area contributed by atoms with E-state index in [4.69, 9.17) is 14.2 Å². The SMILES string of the molecule is C=CCOc1c(I)cc(/C=C2\SC(=NC(=O)c3ccccc3C)C(C(=O)OCC)=C2O)cc1OCC. The van der Waals surface area contributed by atoms with E-state index in [0.29, 0.717) is 40.7 Å². The molecule has 3 rings (SSSR count). The van der Waals surface area contributed by atoms with Crippen LogP contribution >= 0.6 is 34.4 Å². The molecule has 0 saturated heterocycles. The first-order chi connectivity index (χ1) is 17.3. The summed E-state index contributed by atoms with van der Waals surface area (Å²) in [7, 11) is 0. The van der Waals surface area contributed by atoms with Gasteiger partial charge < -0.3 is 19.3 Å². The molecule has 1 aliphatic rings. The van der Waals surface area contributed by atoms with Gasteiger partial charge in [-0.2, -0.15) is 0 Å². The monoisotopic (exact) mass is 619 g/mol. The Morgan fingerprint density at radius 2 is 1.92 bits per heavy atom. The van der Waals surface area contributed by atoms with Crippen LogP contribution in [0.4, 0.5) is 0 Å². The lowest BCUT2D eigenvalue weighted by atomic mass is 10.1. The Kier molecular flexibility index (Phi) is 9.77. The minimum Gasteiger partial charge on any atom is -0.506 e. The van der Waals surface area contributed by atoms with Gasteiger partial charge in [-0.1, -0.05) is 42.6 Å². The number of carbonyl (C=O) groups is 2. The van der Waals surface area contributed by atoms with E-state index in [1.54, 1.807) is 50.3 Å². The minimum atomic E-state index is -0.750. The summed E-state index contributed by atoms with van der Waals surface area (Å²) in [5.41, 5.74) is 1.74. The van der Waals surface area contributed by atoms with Crippen molar-refractivity contribution in [2.45, 2.75) is 20.8 Å². The smallest absolute Gasteiger partial charge is 0.344 e. The van der Waals surface area contributed by atoms with Crippen LogP contribution in [0.1, 0.15) is 35.3 Å². The van der Waals surface area contributed by atoms with E-state index in [1.807, 2.05) is 19.1 Å². The van der Waals surface area contributed by atoms with Crippen LogP contribution in [0, 0.1) is 10.5 Å². The molecule has 1 N–H and O–H groups in total. The van der Waals surface area contributed by atoms with Crippen molar-refractivity contribution in [3.8, 4) is 11.5 Å². The number of benzene rings is 2. The molecule has 188 valence electrons. The van der Waals surface area contributed by atoms with Gasteiger partial charge >= 0.3 is 5.97 Å². The number of aliphatic hydroxyl groups excluding tert-OH is 1. The number of ether oxygens (including phenoxy) is 3. The average Bonchev–Trinajstić information content (AvgIpc) is 3.13. The van der Waals surface area contributed by atoms with Crippen LogP contribution < -0.4 is 9.47 Å². The molecule has 0 fully saturated rings. The molecule has 0 aliphatic carbocycles. The van der Waals surface area contributed by atoms with Crippen molar-refractivity contribution < 1.29 is 28.9 Å². The van der Waals surface area contributed by atoms with E-state index in [1.165, 1.54) is 0 Å². The second-order valence-electron chi connectivity index (χ2n) is 7.45. The van der Waals surface area contributed by atoms with Crippen LogP contribution in [0.2, 0.25) is 0 Å². The molecule has 2 aromatic rings. The summed E-state index contributed by atoms with van der Waals surface area (Å²) < 4.78 is 17.4. The molecular weight excluding hydrogens is 593 g/mol. The fourth-order valence-electron chi connectivity index (χ4n) is 3.33. The molecule has 9 heteroatoms. The summed E-state index contributed by atoms with van der Waals surface area (Å²) in [5, 5.41) is 11.0. The number of aliphatic imine (C=N–C) groups is 1. The van der Waals surface area contributed by atoms with E-state index in [0.717, 1.165) is 20.9 Å². The Hall–Kier alpha value is -3.05. The van der Waals surface area contributed by atoms with E-state index < -0.39 is 11.9 Å². The highest BCUT2D eigenvalue weighted by molar-refractivity contribution is 14.1. The van der Waals surface area contributed by atoms with Crippen LogP contribution in [-0.4, -0.2) is 41.8 Å². The third-order valence-electron chi connectivity index (χ3n) is 4.92. The van der Waals surface area contributed by atoms with E-state index in [-0.39, 0.29) is 23.0 Å². The van der Waals surface area contributed by atoms with Gasteiger partial charge in [-0.25, -0.2) is 9.79 Å². The quantitative estimate of drug-likeness (QED) is 0.201. The van der Waals surface area contributed by atoms with Crippen LogP contribution in [0.25, 0.3) is 6.08 Å². The fraction of sp³-hybridized carbons (Fsp3) is 0.222. The van der Waals surface area contributed by atoms with Crippen molar-refractivity contribution in [2.75, 3.05) is 19.8 Å². The van der Waals surface area contributed by atoms with Crippen LogP contribution in [0.15, 0.2) is 70.3 Å². The molecule has 0 aromatic heterocycles. The highest BCUT2D eigenvalue weighted by Gasteiger charge is 2.34. The summed E-state index contributed by atoms with van der Waals surface area (Å²) in [6, 6.07) is 10.7. The van der Waals surface area contributed by atoms with Crippen molar-refractivity contribution in [2.24, 2.45) is 4.99 Å². The van der Waals surface area contributed by atoms with Gasteiger partial charge in [-0.3, -0.25) is 4.79 Å². The normalized spacial score (nSPS) is 15.3. The molecule has 1 amide bonds. The zero-order valence-corrected chi connectivity index (χ0v) is 23.1. The summed E-state index contributed by atoms with van der Waals surface area (Å²) in [6.45, 7) is 9.89. The molecule has 1 aliphatic heterocycles. The second-order valence-corrected chi connectivity index (χ2v) is 9.65. The molecule has 0 bridgehead atoms. The molecule has 1 heterocycles. The Morgan fingerprint density at radius 1 is 1.17 bits per heavy atom. The van der Waals surface area contributed by atoms with E-state index in [9.17, 15) is 14.7 Å². The number of carbonyl (C=O) groups excluding carboxylic acids is 2. The highest BCUT2D eigenvalue weighted by Crippen LogP contribution is 2.41. The number of rotatable bonds is 9. The molecule has 0 unspecified atom stereocenters. The summed E-state index contributed by atoms with van der Waals surface area (Å²) in [5.74, 6) is -0.423. The Bertz CT molecular complexity index is 1280. The topological polar surface area (TPSA) is 94.4 Å². The minimum absolute atomic E-state index is 0.0797. The summed E-state index contributed by atoms with van der Waals surface area (Å²) >= 11 is 3.17. The number of hydrogen-bond donors (Lipinski definition) is 1. The lowest BCUT2D eigenvalue weighted by Gasteiger charge is -2.14. The lowest BCUT2D eigenvalue weighted by molar-refractivity contribution is -0.138. The molecule has 0 radical (unpaired) electrons. The van der Waals surface area contributed by atoms with E-state index >= 15 is 0 Å². The molecule has 36 heavy (non-hydrogen) atoms. The van der Waals surface area contributed by atoms with Crippen LogP contribution in [0.5, 0.6) is 11.5 Å². The number of nitrogens with zero attached hydrogens (tertiary/aromatic N) is 1. The van der Waals surface area contributed by atoms with Gasteiger partial charge in [0.2, 0.25) is 0 Å². The maximum Gasteiger partial charge on any atom is 0.344 e. The number of aryl methyl sites for hydroxylation is 1. The Balaban J connectivity index is 2.05. The predicted molar refractivity (Wildman–Crippen MR) is 151 cm³/mol. The molecule has 0 spiro atoms. The Morgan fingerprint density at radius 3 is 2.58 bits per heavy atom. The maximum atomic E-state index is 12.9. The number of thioether (sulfide) groups is 1. The van der Waals surface area contributed by atoms with Gasteiger partial charge in [-0.15, -0.1) is 0 Å². The van der Waals surface area contributed by atoms with Crippen LogP contribution in [0.3, 0.4) is 0 Å². The number of halogens is 1. The van der Waals surface area contributed by atoms with Crippen molar-refractivity contribution in [1.82, 2.24) is 0 Å². The fourth-order valence-corrected chi connectivity index (χ4v) is 5.12. The molecule has 0 atom stereocenters. The van der Waals surface area contributed by atoms with E-state index in [2.05, 4.69) is 34.2 Å². The third-order valence-corrected chi connectivity index (χ3v) is 6.74. The van der Waals surface area contributed by atoms with Crippen molar-refractivity contribution in [3.05, 3.63) is 85.6 Å². The van der Waals surface area contributed by atoms with Crippen LogP contribution in [-0.2, 0) is 9.53 Å². The van der Waals surface area contributed by atoms with Gasteiger partial charge in [-0.05, 0) is 78.8 Å². The number of esters is 1. The molecule has 7 nitrogen and oxygen atoms in total.